The van der Waals surface area contributed by atoms with Crippen LogP contribution in [0.5, 0.6) is 0 Å². The number of unbranched alkanes of at least 4 members (excludes halogenated alkanes) is 1. The molecule has 0 saturated carbocycles. The maximum atomic E-state index is 11.1. The van der Waals surface area contributed by atoms with Crippen LogP contribution in [0.25, 0.3) is 0 Å². The molecule has 2 amide bonds. The molecule has 2 aliphatic heterocycles. The van der Waals surface area contributed by atoms with Crippen molar-refractivity contribution in [2.45, 2.75) is 55.5 Å². The summed E-state index contributed by atoms with van der Waals surface area (Å²) in [4.78, 5) is 41.1. The van der Waals surface area contributed by atoms with Gasteiger partial charge < -0.3 is 31.7 Å². The highest BCUT2D eigenvalue weighted by Gasteiger charge is 2.42. The van der Waals surface area contributed by atoms with E-state index in [1.807, 2.05) is 11.8 Å². The quantitative estimate of drug-likeness (QED) is 0.244. The number of carboxylic acid groups (broad SMARTS) is 3. The predicted octanol–water partition coefficient (Wildman–Crippen LogP) is -0.330. The van der Waals surface area contributed by atoms with E-state index < -0.39 is 30.4 Å². The van der Waals surface area contributed by atoms with Gasteiger partial charge in [0.25, 0.3) is 0 Å². The fourth-order valence-electron chi connectivity index (χ4n) is 2.54. The number of thioether (sulfide) groups is 1. The summed E-state index contributed by atoms with van der Waals surface area (Å²) in [5, 5.41) is 30.8. The number of carboxylic acids is 3. The summed E-state index contributed by atoms with van der Waals surface area (Å²) in [6.07, 6.45) is 2.35. The van der Waals surface area contributed by atoms with E-state index in [1.54, 1.807) is 0 Å². The molecule has 11 heteroatoms. The van der Waals surface area contributed by atoms with Gasteiger partial charge in [0.15, 0.2) is 0 Å². The number of carbonyl (C=O) groups is 4. The molecule has 0 aromatic carbocycles. The Hall–Kier alpha value is -2.01. The average molecular weight is 377 g/mol. The first-order valence-electron chi connectivity index (χ1n) is 7.81. The molecule has 25 heavy (non-hydrogen) atoms. The Kier molecular flexibility index (Phi) is 8.49. The Balaban J connectivity index is 0.000000299. The van der Waals surface area contributed by atoms with Crippen LogP contribution in [0.1, 0.15) is 32.1 Å². The summed E-state index contributed by atoms with van der Waals surface area (Å²) < 4.78 is 0. The fraction of sp³-hybridized carbons (Fsp3) is 0.714. The van der Waals surface area contributed by atoms with Crippen molar-refractivity contribution in [3.05, 3.63) is 0 Å². The molecule has 0 aliphatic carbocycles. The second-order valence-electron chi connectivity index (χ2n) is 5.80. The zero-order chi connectivity index (χ0) is 19.0. The molecule has 2 aliphatic rings. The molecule has 2 saturated heterocycles. The summed E-state index contributed by atoms with van der Waals surface area (Å²) in [7, 11) is 0. The van der Waals surface area contributed by atoms with E-state index in [2.05, 4.69) is 10.6 Å². The molecule has 2 fully saturated rings. The van der Waals surface area contributed by atoms with E-state index in [-0.39, 0.29) is 24.5 Å². The van der Waals surface area contributed by atoms with Gasteiger partial charge in [0.2, 0.25) is 0 Å². The fourth-order valence-corrected chi connectivity index (χ4v) is 4.08. The molecule has 1 unspecified atom stereocenters. The highest BCUT2D eigenvalue weighted by Crippen LogP contribution is 2.33. The van der Waals surface area contributed by atoms with Crippen molar-refractivity contribution in [1.29, 1.82) is 0 Å². The van der Waals surface area contributed by atoms with Gasteiger partial charge in [0.1, 0.15) is 6.04 Å². The van der Waals surface area contributed by atoms with E-state index in [0.717, 1.165) is 25.0 Å². The van der Waals surface area contributed by atoms with E-state index in [0.29, 0.717) is 5.25 Å². The number of hydrogen-bond acceptors (Lipinski definition) is 6. The summed E-state index contributed by atoms with van der Waals surface area (Å²) in [5.74, 6) is -2.26. The number of aliphatic carboxylic acids is 3. The molecule has 0 spiro atoms. The van der Waals surface area contributed by atoms with Crippen LogP contribution in [-0.4, -0.2) is 68.4 Å². The van der Waals surface area contributed by atoms with Gasteiger partial charge in [0, 0.05) is 17.4 Å². The summed E-state index contributed by atoms with van der Waals surface area (Å²) in [6.45, 7) is 0. The summed E-state index contributed by atoms with van der Waals surface area (Å²) >= 11 is 1.87. The van der Waals surface area contributed by atoms with Gasteiger partial charge in [0.05, 0.1) is 18.5 Å². The second kappa shape index (κ2) is 10.1. The third-order valence-corrected chi connectivity index (χ3v) is 5.29. The maximum absolute atomic E-state index is 11.1. The zero-order valence-corrected chi connectivity index (χ0v) is 14.3. The monoisotopic (exact) mass is 377 g/mol. The second-order valence-corrected chi connectivity index (χ2v) is 7.08. The van der Waals surface area contributed by atoms with Gasteiger partial charge in [-0.3, -0.25) is 14.4 Å². The Morgan fingerprint density at radius 1 is 1.16 bits per heavy atom. The van der Waals surface area contributed by atoms with Crippen molar-refractivity contribution < 1.29 is 34.5 Å². The number of fused-ring (bicyclic) bond motifs is 1. The van der Waals surface area contributed by atoms with Crippen molar-refractivity contribution in [2.75, 3.05) is 5.75 Å². The van der Waals surface area contributed by atoms with Gasteiger partial charge in [-0.25, -0.2) is 4.79 Å². The van der Waals surface area contributed by atoms with Gasteiger partial charge >= 0.3 is 23.9 Å². The molecule has 4 atom stereocenters. The van der Waals surface area contributed by atoms with E-state index >= 15 is 0 Å². The van der Waals surface area contributed by atoms with E-state index in [9.17, 15) is 19.2 Å². The lowest BCUT2D eigenvalue weighted by Crippen LogP contribution is -2.36. The molecule has 0 radical (unpaired) electrons. The van der Waals surface area contributed by atoms with Crippen LogP contribution in [0.4, 0.5) is 4.79 Å². The highest BCUT2D eigenvalue weighted by atomic mass is 32.2. The zero-order valence-electron chi connectivity index (χ0n) is 13.5. The summed E-state index contributed by atoms with van der Waals surface area (Å²) in [5.41, 5.74) is 4.84. The SMILES string of the molecule is NC(CC(=O)O)C(=O)O.O=C(O)CCCC[C@@H]1SC[C@@H]2NC(=O)N[C@@H]21. The molecule has 7 N–H and O–H groups in total. The Bertz CT molecular complexity index is 517. The van der Waals surface area contributed by atoms with Crippen molar-refractivity contribution in [2.24, 2.45) is 5.73 Å². The first-order chi connectivity index (χ1) is 11.7. The summed E-state index contributed by atoms with van der Waals surface area (Å²) in [6, 6.07) is -0.849. The molecular formula is C14H23N3O7S. The van der Waals surface area contributed by atoms with Crippen LogP contribution in [0.2, 0.25) is 0 Å². The van der Waals surface area contributed by atoms with Gasteiger partial charge in [-0.05, 0) is 12.8 Å². The van der Waals surface area contributed by atoms with Crippen LogP contribution < -0.4 is 16.4 Å². The largest absolute Gasteiger partial charge is 0.481 e. The Morgan fingerprint density at radius 3 is 2.36 bits per heavy atom. The molecule has 10 nitrogen and oxygen atoms in total. The van der Waals surface area contributed by atoms with Crippen molar-refractivity contribution >= 4 is 35.7 Å². The van der Waals surface area contributed by atoms with E-state index in [1.165, 1.54) is 0 Å². The topological polar surface area (TPSA) is 179 Å². The number of nitrogens with two attached hydrogens (primary N) is 1. The van der Waals surface area contributed by atoms with Crippen LogP contribution in [0.3, 0.4) is 0 Å². The third kappa shape index (κ3) is 7.61. The number of hydrogen-bond donors (Lipinski definition) is 6. The lowest BCUT2D eigenvalue weighted by atomic mass is 10.0. The lowest BCUT2D eigenvalue weighted by molar-refractivity contribution is -0.144. The Labute approximate surface area is 148 Å². The molecule has 142 valence electrons. The first kappa shape index (κ1) is 21.0. The number of carbonyl (C=O) groups excluding carboxylic acids is 1. The predicted molar refractivity (Wildman–Crippen MR) is 89.5 cm³/mol. The number of urea groups is 1. The van der Waals surface area contributed by atoms with Crippen LogP contribution >= 0.6 is 11.8 Å². The molecule has 2 heterocycles. The minimum Gasteiger partial charge on any atom is -0.481 e. The van der Waals surface area contributed by atoms with Gasteiger partial charge in [-0.1, -0.05) is 6.42 Å². The van der Waals surface area contributed by atoms with Crippen molar-refractivity contribution in [1.82, 2.24) is 10.6 Å². The standard InChI is InChI=1S/C10H16N2O3S.C4H7NO4/c13-8(14)4-2-1-3-7-9-6(5-16-7)11-10(15)12-9;5-2(4(8)9)1-3(6)7/h6-7,9H,1-5H2,(H,13,14)(H2,11,12,15);2H,1,5H2,(H,6,7)(H,8,9)/t6-,7-,9-;/m0./s1. The van der Waals surface area contributed by atoms with E-state index in [4.69, 9.17) is 21.1 Å². The van der Waals surface area contributed by atoms with Crippen molar-refractivity contribution in [3.63, 3.8) is 0 Å². The maximum Gasteiger partial charge on any atom is 0.321 e. The van der Waals surface area contributed by atoms with Gasteiger partial charge in [-0.15, -0.1) is 0 Å². The third-order valence-electron chi connectivity index (χ3n) is 3.78. The highest BCUT2D eigenvalue weighted by molar-refractivity contribution is 8.00. The molecule has 0 aromatic rings. The first-order valence-corrected chi connectivity index (χ1v) is 8.86. The number of amides is 2. The average Bonchev–Trinajstić information content (AvgIpc) is 3.03. The Morgan fingerprint density at radius 2 is 1.84 bits per heavy atom. The molecule has 2 rings (SSSR count). The van der Waals surface area contributed by atoms with Gasteiger partial charge in [-0.2, -0.15) is 11.8 Å². The number of rotatable bonds is 8. The normalized spacial score (nSPS) is 25.0. The van der Waals surface area contributed by atoms with Crippen LogP contribution in [0, 0.1) is 0 Å². The van der Waals surface area contributed by atoms with Crippen LogP contribution in [-0.2, 0) is 14.4 Å². The minimum atomic E-state index is -1.29. The molecule has 0 aromatic heterocycles. The van der Waals surface area contributed by atoms with Crippen molar-refractivity contribution in [3.8, 4) is 0 Å². The smallest absolute Gasteiger partial charge is 0.321 e. The lowest BCUT2D eigenvalue weighted by Gasteiger charge is -2.16. The van der Waals surface area contributed by atoms with Crippen LogP contribution in [0.15, 0.2) is 0 Å². The molecular weight excluding hydrogens is 354 g/mol. The minimum absolute atomic E-state index is 0.0640. The molecule has 0 bridgehead atoms. The number of nitrogens with one attached hydrogen (secondary N) is 2.